The third kappa shape index (κ3) is 4.15. The van der Waals surface area contributed by atoms with Crippen molar-refractivity contribution in [3.63, 3.8) is 0 Å². The number of rotatable bonds is 4. The molecule has 0 aromatic heterocycles. The zero-order valence-corrected chi connectivity index (χ0v) is 16.1. The Morgan fingerprint density at radius 3 is 2.79 bits per heavy atom. The first-order valence-electron chi connectivity index (χ1n) is 8.13. The maximum atomic E-state index is 13.4. The van der Waals surface area contributed by atoms with Gasteiger partial charge in [-0.2, -0.15) is 3.89 Å². The van der Waals surface area contributed by atoms with Gasteiger partial charge in [-0.05, 0) is 30.3 Å². The number of amides is 2. The number of halogens is 3. The number of methoxy groups -OCH3 is 1. The van der Waals surface area contributed by atoms with Gasteiger partial charge in [-0.1, -0.05) is 11.6 Å². The molecule has 6 nitrogen and oxygen atoms in total. The summed E-state index contributed by atoms with van der Waals surface area (Å²) in [5.41, 5.74) is 0.785. The van der Waals surface area contributed by atoms with Gasteiger partial charge in [0.1, 0.15) is 11.6 Å². The Kier molecular flexibility index (Phi) is 6.25. The van der Waals surface area contributed by atoms with E-state index < -0.39 is 23.9 Å². The fraction of sp³-hybridized carbons (Fsp3) is 0.222. The number of hydrogen-bond acceptors (Lipinski definition) is 5. The molecular weight excluding hydrogens is 414 g/mol. The molecule has 0 unspecified atom stereocenters. The lowest BCUT2D eigenvalue weighted by atomic mass is 9.97. The quantitative estimate of drug-likeness (QED) is 0.725. The van der Waals surface area contributed by atoms with E-state index in [-0.39, 0.29) is 45.7 Å². The molecule has 2 amide bonds. The highest BCUT2D eigenvalue weighted by atomic mass is 35.5. The maximum Gasteiger partial charge on any atom is 0.407 e. The number of hydrogen-bond donors (Lipinski definition) is 2. The molecule has 3 rings (SSSR count). The van der Waals surface area contributed by atoms with E-state index in [1.807, 2.05) is 0 Å². The Hall–Kier alpha value is -2.52. The smallest absolute Gasteiger partial charge is 0.407 e. The van der Waals surface area contributed by atoms with Gasteiger partial charge in [0.15, 0.2) is 0 Å². The van der Waals surface area contributed by atoms with Crippen molar-refractivity contribution in [2.45, 2.75) is 17.4 Å². The van der Waals surface area contributed by atoms with Crippen molar-refractivity contribution in [1.29, 1.82) is 0 Å². The van der Waals surface area contributed by atoms with Crippen molar-refractivity contribution in [2.75, 3.05) is 19.0 Å². The van der Waals surface area contributed by atoms with Gasteiger partial charge in [0.25, 0.3) is 5.91 Å². The van der Waals surface area contributed by atoms with Gasteiger partial charge in [0, 0.05) is 22.6 Å². The van der Waals surface area contributed by atoms with Crippen molar-refractivity contribution < 1.29 is 27.3 Å². The number of ether oxygens (including phenoxy) is 2. The van der Waals surface area contributed by atoms with Crippen LogP contribution in [0.5, 0.6) is 5.75 Å². The minimum absolute atomic E-state index is 0.0131. The summed E-state index contributed by atoms with van der Waals surface area (Å²) >= 11 is 5.72. The van der Waals surface area contributed by atoms with E-state index in [0.29, 0.717) is 12.0 Å². The second-order valence-corrected chi connectivity index (χ2v) is 6.84. The molecule has 2 aromatic carbocycles. The van der Waals surface area contributed by atoms with Crippen LogP contribution >= 0.6 is 23.7 Å². The average molecular weight is 429 g/mol. The van der Waals surface area contributed by atoms with Crippen LogP contribution in [-0.2, 0) is 4.74 Å². The van der Waals surface area contributed by atoms with Crippen LogP contribution in [0.25, 0.3) is 0 Å². The molecule has 2 aromatic rings. The highest BCUT2D eigenvalue weighted by Gasteiger charge is 2.31. The SMILES string of the molecule is COC(=O)N[C@@H]1CCOc2c(C(=O)Nc3ccc(F)c(Cl)c3)ccc(SF)c21. The van der Waals surface area contributed by atoms with E-state index in [4.69, 9.17) is 16.3 Å². The Labute approximate surface area is 168 Å². The highest BCUT2D eigenvalue weighted by molar-refractivity contribution is 7.94. The fourth-order valence-corrected chi connectivity index (χ4v) is 3.47. The maximum absolute atomic E-state index is 13.4. The topological polar surface area (TPSA) is 76.7 Å². The van der Waals surface area contributed by atoms with Gasteiger partial charge in [-0.3, -0.25) is 4.79 Å². The van der Waals surface area contributed by atoms with Crippen LogP contribution in [0.1, 0.15) is 28.4 Å². The zero-order valence-electron chi connectivity index (χ0n) is 14.6. The van der Waals surface area contributed by atoms with E-state index in [0.717, 1.165) is 6.07 Å². The molecule has 0 saturated carbocycles. The van der Waals surface area contributed by atoms with E-state index in [1.54, 1.807) is 0 Å². The van der Waals surface area contributed by atoms with Crippen molar-refractivity contribution in [2.24, 2.45) is 0 Å². The number of fused-ring (bicyclic) bond motifs is 1. The molecule has 0 bridgehead atoms. The van der Waals surface area contributed by atoms with E-state index >= 15 is 0 Å². The Morgan fingerprint density at radius 2 is 2.11 bits per heavy atom. The van der Waals surface area contributed by atoms with Crippen LogP contribution in [0.2, 0.25) is 5.02 Å². The molecule has 2 N–H and O–H groups in total. The predicted molar refractivity (Wildman–Crippen MR) is 101 cm³/mol. The fourth-order valence-electron chi connectivity index (χ4n) is 2.85. The monoisotopic (exact) mass is 428 g/mol. The molecule has 1 atom stereocenters. The predicted octanol–water partition coefficient (Wildman–Crippen LogP) is 4.89. The first-order chi connectivity index (χ1) is 13.4. The molecule has 10 heteroatoms. The summed E-state index contributed by atoms with van der Waals surface area (Å²) in [6.07, 6.45) is -0.294. The summed E-state index contributed by atoms with van der Waals surface area (Å²) in [6.45, 7) is 0.213. The van der Waals surface area contributed by atoms with Crippen LogP contribution in [0.15, 0.2) is 35.2 Å². The van der Waals surface area contributed by atoms with E-state index in [9.17, 15) is 17.9 Å². The van der Waals surface area contributed by atoms with E-state index in [2.05, 4.69) is 15.4 Å². The molecule has 1 aliphatic heterocycles. The molecular formula is C18H15ClF2N2O4S. The summed E-state index contributed by atoms with van der Waals surface area (Å²) in [5.74, 6) is -0.990. The van der Waals surface area contributed by atoms with Crippen LogP contribution in [0, 0.1) is 5.82 Å². The number of benzene rings is 2. The second kappa shape index (κ2) is 8.66. The summed E-state index contributed by atoms with van der Waals surface area (Å²) in [6, 6.07) is 6.03. The van der Waals surface area contributed by atoms with Gasteiger partial charge in [0.2, 0.25) is 0 Å². The summed E-state index contributed by atoms with van der Waals surface area (Å²) in [7, 11) is 1.22. The van der Waals surface area contributed by atoms with Crippen LogP contribution in [0.4, 0.5) is 18.8 Å². The number of alkyl carbamates (subject to hydrolysis) is 1. The summed E-state index contributed by atoms with van der Waals surface area (Å²) < 4.78 is 37.0. The molecule has 28 heavy (non-hydrogen) atoms. The standard InChI is InChI=1S/C18H15ClF2N2O4S/c1-26-18(25)23-13-6-7-27-16-10(3-5-14(28-21)15(13)16)17(24)22-9-2-4-12(20)11(19)8-9/h2-5,8,13H,6-7H2,1H3,(H,22,24)(H,23,25)/t13-/m1/s1. The lowest BCUT2D eigenvalue weighted by molar-refractivity contribution is 0.102. The largest absolute Gasteiger partial charge is 0.492 e. The van der Waals surface area contributed by atoms with E-state index in [1.165, 1.54) is 31.4 Å². The summed E-state index contributed by atoms with van der Waals surface area (Å²) in [4.78, 5) is 24.6. The number of anilines is 1. The second-order valence-electron chi connectivity index (χ2n) is 5.84. The Morgan fingerprint density at radius 1 is 1.32 bits per heavy atom. The first kappa shape index (κ1) is 20.2. The van der Waals surface area contributed by atoms with Crippen LogP contribution in [-0.4, -0.2) is 25.7 Å². The minimum Gasteiger partial charge on any atom is -0.492 e. The highest BCUT2D eigenvalue weighted by Crippen LogP contribution is 2.42. The molecule has 0 spiro atoms. The Bertz CT molecular complexity index is 929. The zero-order chi connectivity index (χ0) is 20.3. The third-order valence-corrected chi connectivity index (χ3v) is 4.95. The normalized spacial score (nSPS) is 15.2. The van der Waals surface area contributed by atoms with Gasteiger partial charge in [0.05, 0.1) is 42.5 Å². The molecule has 1 aliphatic rings. The molecule has 0 fully saturated rings. The first-order valence-corrected chi connectivity index (χ1v) is 9.23. The Balaban J connectivity index is 1.95. The average Bonchev–Trinajstić information content (AvgIpc) is 2.69. The number of carbonyl (C=O) groups excluding carboxylic acids is 2. The molecule has 148 valence electrons. The van der Waals surface area contributed by atoms with Crippen molar-refractivity contribution in [3.8, 4) is 5.75 Å². The molecule has 0 aliphatic carbocycles. The van der Waals surface area contributed by atoms with Gasteiger partial charge in [-0.15, -0.1) is 0 Å². The lowest BCUT2D eigenvalue weighted by Crippen LogP contribution is -2.33. The molecule has 0 radical (unpaired) electrons. The number of carbonyl (C=O) groups is 2. The van der Waals surface area contributed by atoms with Crippen molar-refractivity contribution in [3.05, 3.63) is 52.3 Å². The third-order valence-electron chi connectivity index (χ3n) is 4.14. The van der Waals surface area contributed by atoms with Gasteiger partial charge < -0.3 is 20.1 Å². The lowest BCUT2D eigenvalue weighted by Gasteiger charge is -2.29. The van der Waals surface area contributed by atoms with Crippen LogP contribution in [0.3, 0.4) is 0 Å². The van der Waals surface area contributed by atoms with Crippen molar-refractivity contribution in [1.82, 2.24) is 5.32 Å². The minimum atomic E-state index is -0.677. The van der Waals surface area contributed by atoms with Gasteiger partial charge >= 0.3 is 6.09 Å². The van der Waals surface area contributed by atoms with Crippen LogP contribution < -0.4 is 15.4 Å². The van der Waals surface area contributed by atoms with Gasteiger partial charge in [-0.25, -0.2) is 9.18 Å². The number of nitrogens with one attached hydrogen (secondary N) is 2. The van der Waals surface area contributed by atoms with Crippen molar-refractivity contribution >= 4 is 41.4 Å². The summed E-state index contributed by atoms with van der Waals surface area (Å²) in [5, 5.41) is 5.08. The molecule has 0 saturated heterocycles. The molecule has 1 heterocycles.